The smallest absolute Gasteiger partial charge is 0.324 e. The zero-order chi connectivity index (χ0) is 28.5. The molecule has 2 aliphatic heterocycles. The maximum atomic E-state index is 13.3. The van der Waals surface area contributed by atoms with Crippen LogP contribution in [0.15, 0.2) is 48.5 Å². The number of hydrogen-bond donors (Lipinski definition) is 2. The average molecular weight is 559 g/mol. The van der Waals surface area contributed by atoms with Crippen molar-refractivity contribution < 1.29 is 38.1 Å². The summed E-state index contributed by atoms with van der Waals surface area (Å²) in [5.41, 5.74) is -0.369. The highest BCUT2D eigenvalue weighted by Crippen LogP contribution is 2.21. The van der Waals surface area contributed by atoms with Gasteiger partial charge in [-0.05, 0) is 48.4 Å². The van der Waals surface area contributed by atoms with Crippen LogP contribution in [-0.4, -0.2) is 109 Å². The summed E-state index contributed by atoms with van der Waals surface area (Å²) in [6.45, 7) is 2.58. The normalized spacial score (nSPS) is 19.9. The number of hydrogen-bond acceptors (Lipinski definition) is 8. The Kier molecular flexibility index (Phi) is 9.91. The first-order chi connectivity index (χ1) is 19.2. The van der Waals surface area contributed by atoms with Crippen molar-refractivity contribution in [2.45, 2.75) is 18.6 Å². The lowest BCUT2D eigenvalue weighted by Crippen LogP contribution is -2.52. The Morgan fingerprint density at radius 2 is 1.73 bits per heavy atom. The molecule has 4 amide bonds. The predicted molar refractivity (Wildman–Crippen MR) is 142 cm³/mol. The van der Waals surface area contributed by atoms with Crippen molar-refractivity contribution >= 4 is 17.8 Å². The number of nitrogens with one attached hydrogen (secondary N) is 1. The lowest BCUT2D eigenvalue weighted by Gasteiger charge is -2.33. The molecule has 0 radical (unpaired) electrons. The van der Waals surface area contributed by atoms with Gasteiger partial charge in [0.2, 0.25) is 11.8 Å². The Morgan fingerprint density at radius 3 is 2.40 bits per heavy atom. The van der Waals surface area contributed by atoms with Gasteiger partial charge in [-0.25, -0.2) is 9.18 Å². The van der Waals surface area contributed by atoms with E-state index >= 15 is 0 Å². The van der Waals surface area contributed by atoms with Crippen LogP contribution in [0.3, 0.4) is 0 Å². The molecule has 40 heavy (non-hydrogen) atoms. The third kappa shape index (κ3) is 8.38. The van der Waals surface area contributed by atoms with Gasteiger partial charge in [0.15, 0.2) is 0 Å². The molecule has 0 spiro atoms. The summed E-state index contributed by atoms with van der Waals surface area (Å²) in [5.74, 6) is 0.214. The zero-order valence-electron chi connectivity index (χ0n) is 22.5. The first-order valence-electron chi connectivity index (χ1n) is 13.1. The fraction of sp³-hybridized carbons (Fsp3) is 0.464. The maximum absolute atomic E-state index is 13.3. The van der Waals surface area contributed by atoms with Crippen LogP contribution in [0, 0.1) is 5.82 Å². The van der Waals surface area contributed by atoms with Gasteiger partial charge in [0.1, 0.15) is 42.7 Å². The van der Waals surface area contributed by atoms with E-state index in [9.17, 15) is 23.9 Å². The van der Waals surface area contributed by atoms with Crippen LogP contribution in [0.1, 0.15) is 12.0 Å². The molecule has 0 unspecified atom stereocenters. The molecule has 1 atom stereocenters. The molecule has 0 aromatic heterocycles. The highest BCUT2D eigenvalue weighted by molar-refractivity contribution is 6.01. The van der Waals surface area contributed by atoms with Crippen LogP contribution in [0.4, 0.5) is 9.18 Å². The number of amides is 4. The van der Waals surface area contributed by atoms with Crippen molar-refractivity contribution in [1.82, 2.24) is 20.0 Å². The number of urea groups is 1. The van der Waals surface area contributed by atoms with Crippen LogP contribution in [0.25, 0.3) is 0 Å². The minimum Gasteiger partial charge on any atom is -0.494 e. The lowest BCUT2D eigenvalue weighted by molar-refractivity contribution is -0.138. The summed E-state index contributed by atoms with van der Waals surface area (Å²) >= 11 is 0. The molecule has 0 bridgehead atoms. The van der Waals surface area contributed by atoms with Crippen molar-refractivity contribution in [1.29, 1.82) is 0 Å². The molecular formula is C28H35FN4O7. The van der Waals surface area contributed by atoms with Gasteiger partial charge in [-0.3, -0.25) is 19.8 Å². The molecule has 216 valence electrons. The van der Waals surface area contributed by atoms with Crippen molar-refractivity contribution in [3.05, 3.63) is 59.9 Å². The number of halogens is 1. The van der Waals surface area contributed by atoms with E-state index < -0.39 is 5.60 Å². The molecule has 2 aliphatic rings. The Morgan fingerprint density at radius 1 is 1.02 bits per heavy atom. The van der Waals surface area contributed by atoms with E-state index in [0.29, 0.717) is 50.7 Å². The van der Waals surface area contributed by atoms with Crippen LogP contribution in [0.5, 0.6) is 11.5 Å². The molecule has 12 heteroatoms. The van der Waals surface area contributed by atoms with Crippen LogP contribution in [-0.2, 0) is 20.9 Å². The average Bonchev–Trinajstić information content (AvgIpc) is 3.15. The second-order valence-electron chi connectivity index (χ2n) is 10.0. The predicted octanol–water partition coefficient (Wildman–Crippen LogP) is 1.25. The van der Waals surface area contributed by atoms with E-state index in [0.717, 1.165) is 5.56 Å². The van der Waals surface area contributed by atoms with Gasteiger partial charge in [0.05, 0.1) is 13.2 Å². The third-order valence-electron chi connectivity index (χ3n) is 6.67. The van der Waals surface area contributed by atoms with Gasteiger partial charge in [0.25, 0.3) is 0 Å². The molecule has 0 saturated carbocycles. The number of benzene rings is 2. The summed E-state index contributed by atoms with van der Waals surface area (Å²) in [7, 11) is 1.45. The summed E-state index contributed by atoms with van der Waals surface area (Å²) < 4.78 is 29.8. The highest BCUT2D eigenvalue weighted by atomic mass is 19.1. The van der Waals surface area contributed by atoms with Crippen molar-refractivity contribution in [2.75, 3.05) is 66.2 Å². The SMILES string of the molecule is COCC(=O)N1CCN(Cc2ccc(OCCCN3CC(=O)NC3=O)cc2)C[C@](O)(COc2ccc(F)cc2)C1. The lowest BCUT2D eigenvalue weighted by atomic mass is 10.0. The number of aliphatic hydroxyl groups is 1. The molecular weight excluding hydrogens is 523 g/mol. The number of nitrogens with zero attached hydrogens (tertiary/aromatic N) is 3. The van der Waals surface area contributed by atoms with Crippen molar-refractivity contribution in [3.8, 4) is 11.5 Å². The fourth-order valence-corrected chi connectivity index (χ4v) is 4.70. The Hall–Kier alpha value is -3.74. The molecule has 2 aromatic rings. The highest BCUT2D eigenvalue weighted by Gasteiger charge is 2.37. The Labute approximate surface area is 232 Å². The molecule has 4 rings (SSSR count). The molecule has 2 N–H and O–H groups in total. The van der Waals surface area contributed by atoms with E-state index in [-0.39, 0.29) is 56.5 Å². The van der Waals surface area contributed by atoms with Gasteiger partial charge in [-0.2, -0.15) is 0 Å². The second-order valence-corrected chi connectivity index (χ2v) is 10.0. The van der Waals surface area contributed by atoms with Crippen molar-refractivity contribution in [2.24, 2.45) is 0 Å². The largest absolute Gasteiger partial charge is 0.494 e. The van der Waals surface area contributed by atoms with Crippen LogP contribution < -0.4 is 14.8 Å². The molecule has 0 aliphatic carbocycles. The van der Waals surface area contributed by atoms with E-state index in [1.807, 2.05) is 24.3 Å². The number of carbonyl (C=O) groups is 3. The number of methoxy groups -OCH3 is 1. The minimum atomic E-state index is -1.37. The molecule has 2 aromatic carbocycles. The topological polar surface area (TPSA) is 121 Å². The van der Waals surface area contributed by atoms with E-state index in [2.05, 4.69) is 10.2 Å². The van der Waals surface area contributed by atoms with Gasteiger partial charge >= 0.3 is 6.03 Å². The van der Waals surface area contributed by atoms with Crippen molar-refractivity contribution in [3.63, 3.8) is 0 Å². The third-order valence-corrected chi connectivity index (χ3v) is 6.67. The van der Waals surface area contributed by atoms with Crippen LogP contribution in [0.2, 0.25) is 0 Å². The zero-order valence-corrected chi connectivity index (χ0v) is 22.5. The summed E-state index contributed by atoms with van der Waals surface area (Å²) in [6, 6.07) is 12.8. The standard InChI is InChI=1S/C28H35FN4O7/c1-38-17-26(35)33-13-12-31(18-28(37,19-33)20-40-24-9-5-22(29)6-10-24)15-21-3-7-23(8-4-21)39-14-2-11-32-16-25(34)30-27(32)36/h3-10,37H,2,11-20H2,1H3,(H,30,34,36)/t28-/m1/s1. The van der Waals surface area contributed by atoms with Gasteiger partial charge < -0.3 is 29.1 Å². The number of β-amino-alcohol motifs (C(OH)–C–C–N with tert-alkyl or cyclic N) is 1. The molecule has 2 saturated heterocycles. The quantitative estimate of drug-likeness (QED) is 0.295. The number of imide groups is 1. The first-order valence-corrected chi connectivity index (χ1v) is 13.1. The van der Waals surface area contributed by atoms with Crippen LogP contribution >= 0.6 is 0 Å². The monoisotopic (exact) mass is 558 g/mol. The Bertz CT molecular complexity index is 1160. The number of rotatable bonds is 12. The minimum absolute atomic E-state index is 0.0763. The first kappa shape index (κ1) is 29.2. The fourth-order valence-electron chi connectivity index (χ4n) is 4.70. The van der Waals surface area contributed by atoms with Gasteiger partial charge in [-0.1, -0.05) is 12.1 Å². The maximum Gasteiger partial charge on any atom is 0.324 e. The van der Waals surface area contributed by atoms with E-state index in [1.54, 1.807) is 4.90 Å². The molecule has 2 fully saturated rings. The summed E-state index contributed by atoms with van der Waals surface area (Å²) in [4.78, 5) is 40.5. The molecule has 2 heterocycles. The van der Waals surface area contributed by atoms with E-state index in [4.69, 9.17) is 14.2 Å². The summed E-state index contributed by atoms with van der Waals surface area (Å²) in [5, 5.41) is 13.8. The number of carbonyl (C=O) groups excluding carboxylic acids is 3. The summed E-state index contributed by atoms with van der Waals surface area (Å²) in [6.07, 6.45) is 0.590. The van der Waals surface area contributed by atoms with Gasteiger partial charge in [-0.15, -0.1) is 0 Å². The Balaban J connectivity index is 1.32. The van der Waals surface area contributed by atoms with Gasteiger partial charge in [0, 0.05) is 39.8 Å². The molecule has 11 nitrogen and oxygen atoms in total. The number of ether oxygens (including phenoxy) is 3. The van der Waals surface area contributed by atoms with E-state index in [1.165, 1.54) is 36.3 Å². The second kappa shape index (κ2) is 13.6.